The number of nitrogens with one attached hydrogen (secondary N) is 1. The van der Waals surface area contributed by atoms with Crippen molar-refractivity contribution in [1.82, 2.24) is 4.98 Å². The van der Waals surface area contributed by atoms with E-state index in [1.165, 1.54) is 0 Å². The number of hydrogen-bond donors (Lipinski definition) is 2. The Balaban J connectivity index is 1.53. The van der Waals surface area contributed by atoms with Gasteiger partial charge in [0.1, 0.15) is 23.3 Å². The predicted molar refractivity (Wildman–Crippen MR) is 123 cm³/mol. The van der Waals surface area contributed by atoms with Gasteiger partial charge in [-0.25, -0.2) is 9.78 Å². The van der Waals surface area contributed by atoms with Gasteiger partial charge in [-0.15, -0.1) is 0 Å². The zero-order valence-corrected chi connectivity index (χ0v) is 18.1. The molecule has 1 atom stereocenters. The van der Waals surface area contributed by atoms with Crippen molar-refractivity contribution in [3.05, 3.63) is 102 Å². The van der Waals surface area contributed by atoms with Gasteiger partial charge in [0.25, 0.3) is 0 Å². The third-order valence-corrected chi connectivity index (χ3v) is 5.69. The molecule has 2 N–H and O–H groups in total. The van der Waals surface area contributed by atoms with Crippen LogP contribution in [-0.4, -0.2) is 29.1 Å². The minimum Gasteiger partial charge on any atom is -0.501 e. The summed E-state index contributed by atoms with van der Waals surface area (Å²) in [6.07, 6.45) is 2.81. The van der Waals surface area contributed by atoms with Crippen molar-refractivity contribution in [3.8, 4) is 22.8 Å². The summed E-state index contributed by atoms with van der Waals surface area (Å²) in [5, 5.41) is 12.8. The highest BCUT2D eigenvalue weighted by Crippen LogP contribution is 2.26. The fourth-order valence-electron chi connectivity index (χ4n) is 3.97. The van der Waals surface area contributed by atoms with Crippen LogP contribution in [0.3, 0.4) is 0 Å². The Morgan fingerprint density at radius 3 is 2.55 bits per heavy atom. The first kappa shape index (κ1) is 20.5. The van der Waals surface area contributed by atoms with Crippen LogP contribution in [0.25, 0.3) is 11.3 Å². The first-order valence-electron chi connectivity index (χ1n) is 10.7. The van der Waals surface area contributed by atoms with Crippen molar-refractivity contribution in [1.29, 1.82) is 0 Å². The van der Waals surface area contributed by atoms with E-state index in [1.807, 2.05) is 54.6 Å². The molecule has 33 heavy (non-hydrogen) atoms. The Bertz CT molecular complexity index is 1290. The molecule has 0 saturated heterocycles. The number of carbonyl (C=O) groups is 1. The van der Waals surface area contributed by atoms with Crippen molar-refractivity contribution < 1.29 is 19.2 Å². The highest BCUT2D eigenvalue weighted by atomic mass is 16.5. The standard InChI is InChI=1S/C27H21N3O3/c1-33-22-13-9-20(10-14-22)25-17-30-26(23(28-25)15-18-5-3-2-4-6-18)29-24(27(30)32)16-19-7-11-21(31)12-8-19/h2-7,9-11,13-14,17,24,31H,15-16H2,1H3/p+1. The number of anilines is 1. The monoisotopic (exact) mass is 436 g/mol. The van der Waals surface area contributed by atoms with Gasteiger partial charge >= 0.3 is 11.7 Å². The number of benzene rings is 2. The molecule has 0 radical (unpaired) electrons. The topological polar surface area (TPSA) is 75.3 Å². The molecule has 0 aliphatic carbocycles. The molecule has 2 heterocycles. The number of ether oxygens (including phenoxy) is 1. The predicted octanol–water partition coefficient (Wildman–Crippen LogP) is 3.62. The maximum Gasteiger partial charge on any atom is 0.359 e. The largest absolute Gasteiger partial charge is 0.501 e. The summed E-state index contributed by atoms with van der Waals surface area (Å²) in [4.78, 5) is 18.3. The number of rotatable bonds is 6. The Kier molecular flexibility index (Phi) is 5.37. The van der Waals surface area contributed by atoms with Crippen LogP contribution in [0.15, 0.2) is 72.9 Å². The minimum atomic E-state index is -0.457. The summed E-state index contributed by atoms with van der Waals surface area (Å²) < 4.78 is 6.93. The average molecular weight is 436 g/mol. The Morgan fingerprint density at radius 1 is 1.06 bits per heavy atom. The fourth-order valence-corrected chi connectivity index (χ4v) is 3.97. The van der Waals surface area contributed by atoms with Crippen LogP contribution in [0, 0.1) is 12.1 Å². The number of aromatic hydroxyl groups is 1. The summed E-state index contributed by atoms with van der Waals surface area (Å²) in [6, 6.07) is 26.1. The molecule has 162 valence electrons. The fraction of sp³-hybridized carbons (Fsp3) is 0.148. The molecule has 6 heteroatoms. The third-order valence-electron chi connectivity index (χ3n) is 5.69. The third kappa shape index (κ3) is 4.21. The molecular weight excluding hydrogens is 414 g/mol. The van der Waals surface area contributed by atoms with Crippen molar-refractivity contribution >= 4 is 11.7 Å². The van der Waals surface area contributed by atoms with E-state index in [2.05, 4.69) is 17.4 Å². The van der Waals surface area contributed by atoms with Gasteiger partial charge in [0, 0.05) is 24.0 Å². The van der Waals surface area contributed by atoms with E-state index in [4.69, 9.17) is 9.72 Å². The quantitative estimate of drug-likeness (QED) is 0.452. The Hall–Kier alpha value is -4.37. The highest BCUT2D eigenvalue weighted by Gasteiger charge is 2.41. The van der Waals surface area contributed by atoms with Crippen LogP contribution in [0.5, 0.6) is 11.5 Å². The summed E-state index contributed by atoms with van der Waals surface area (Å²) in [5.74, 6) is 1.43. The lowest BCUT2D eigenvalue weighted by molar-refractivity contribution is -0.552. The van der Waals surface area contributed by atoms with Gasteiger partial charge in [0.2, 0.25) is 0 Å². The van der Waals surface area contributed by atoms with E-state index in [-0.39, 0.29) is 11.7 Å². The second-order valence-electron chi connectivity index (χ2n) is 7.92. The van der Waals surface area contributed by atoms with Crippen LogP contribution in [-0.2, 0) is 12.8 Å². The van der Waals surface area contributed by atoms with Crippen LogP contribution in [0.2, 0.25) is 0 Å². The molecule has 1 aliphatic rings. The van der Waals surface area contributed by atoms with Crippen LogP contribution >= 0.6 is 0 Å². The lowest BCUT2D eigenvalue weighted by Gasteiger charge is -2.08. The van der Waals surface area contributed by atoms with Crippen molar-refractivity contribution in [2.75, 3.05) is 12.4 Å². The van der Waals surface area contributed by atoms with E-state index in [1.54, 1.807) is 30.0 Å². The highest BCUT2D eigenvalue weighted by molar-refractivity contribution is 5.82. The van der Waals surface area contributed by atoms with Crippen molar-refractivity contribution in [3.63, 3.8) is 0 Å². The molecular formula is C27H22N3O3+. The molecule has 1 aliphatic heterocycles. The molecule has 0 fully saturated rings. The molecule has 5 rings (SSSR count). The number of nitrogens with zero attached hydrogens (tertiary/aromatic N) is 2. The molecule has 4 aromatic rings. The van der Waals surface area contributed by atoms with Crippen molar-refractivity contribution in [2.45, 2.75) is 18.9 Å². The minimum absolute atomic E-state index is 0.0283. The van der Waals surface area contributed by atoms with Gasteiger partial charge in [-0.3, -0.25) is 5.32 Å². The second kappa shape index (κ2) is 8.64. The number of hydrogen-bond acceptors (Lipinski definition) is 5. The lowest BCUT2D eigenvalue weighted by atomic mass is 10.1. The van der Waals surface area contributed by atoms with Gasteiger partial charge in [-0.2, -0.15) is 4.57 Å². The summed E-state index contributed by atoms with van der Waals surface area (Å²) >= 11 is 0. The smallest absolute Gasteiger partial charge is 0.359 e. The van der Waals surface area contributed by atoms with Gasteiger partial charge in [0.05, 0.1) is 7.11 Å². The number of aromatic nitrogens is 2. The van der Waals surface area contributed by atoms with Crippen LogP contribution in [0.4, 0.5) is 5.82 Å². The van der Waals surface area contributed by atoms with E-state index >= 15 is 0 Å². The maximum atomic E-state index is 13.3. The first-order chi connectivity index (χ1) is 16.1. The van der Waals surface area contributed by atoms with Gasteiger partial charge in [0.15, 0.2) is 11.8 Å². The lowest BCUT2D eigenvalue weighted by Crippen LogP contribution is -2.44. The number of fused-ring (bicyclic) bond motifs is 1. The molecule has 6 nitrogen and oxygen atoms in total. The molecule has 1 unspecified atom stereocenters. The van der Waals surface area contributed by atoms with E-state index < -0.39 is 6.04 Å². The first-order valence-corrected chi connectivity index (χ1v) is 10.7. The molecule has 3 aromatic carbocycles. The molecule has 0 spiro atoms. The van der Waals surface area contributed by atoms with Gasteiger partial charge in [-0.1, -0.05) is 36.4 Å². The van der Waals surface area contributed by atoms with Gasteiger partial charge < -0.3 is 9.84 Å². The Morgan fingerprint density at radius 2 is 1.85 bits per heavy atom. The molecule has 0 saturated carbocycles. The second-order valence-corrected chi connectivity index (χ2v) is 7.92. The molecule has 1 aromatic heterocycles. The van der Waals surface area contributed by atoms with Gasteiger partial charge in [-0.05, 0) is 48.0 Å². The van der Waals surface area contributed by atoms with E-state index in [0.29, 0.717) is 24.4 Å². The van der Waals surface area contributed by atoms with Crippen LogP contribution in [0.1, 0.15) is 21.6 Å². The van der Waals surface area contributed by atoms with Crippen molar-refractivity contribution in [2.24, 2.45) is 0 Å². The average Bonchev–Trinajstić information content (AvgIpc) is 3.17. The van der Waals surface area contributed by atoms with E-state index in [9.17, 15) is 9.90 Å². The maximum absolute atomic E-state index is 13.3. The summed E-state index contributed by atoms with van der Waals surface area (Å²) in [7, 11) is 1.63. The summed E-state index contributed by atoms with van der Waals surface area (Å²) in [6.45, 7) is 0. The normalized spacial score (nSPS) is 14.3. The SMILES string of the molecule is COc1ccc(-c2c[n+]3c(c(Cc4ccccc4)n2)NC(Cc2c#cc(O)cc2)C3=O)cc1. The molecule has 0 amide bonds. The van der Waals surface area contributed by atoms with E-state index in [0.717, 1.165) is 28.1 Å². The number of methoxy groups -OCH3 is 1. The molecule has 0 bridgehead atoms. The Labute approximate surface area is 192 Å². The number of carbonyl (C=O) groups excluding carboxylic acids is 1. The zero-order chi connectivity index (χ0) is 22.8. The zero-order valence-electron chi connectivity index (χ0n) is 18.1. The van der Waals surface area contributed by atoms with Crippen LogP contribution < -0.4 is 14.6 Å². The summed E-state index contributed by atoms with van der Waals surface area (Å²) in [5.41, 5.74) is 4.32.